The Morgan fingerprint density at radius 3 is 1.38 bits per heavy atom. The van der Waals surface area contributed by atoms with Gasteiger partial charge in [-0.05, 0) is 85.0 Å². The second-order valence-electron chi connectivity index (χ2n) is 14.2. The molecule has 0 saturated carbocycles. The molecule has 0 unspecified atom stereocenters. The van der Waals surface area contributed by atoms with Crippen molar-refractivity contribution in [2.24, 2.45) is 11.5 Å². The van der Waals surface area contributed by atoms with Gasteiger partial charge in [-0.3, -0.25) is 19.2 Å². The first-order chi connectivity index (χ1) is 26.7. The van der Waals surface area contributed by atoms with Gasteiger partial charge in [0.25, 0.3) is 0 Å². The number of hydrogen-bond donors (Lipinski definition) is 6. The second-order valence-corrected chi connectivity index (χ2v) is 14.2. The lowest BCUT2D eigenvalue weighted by Gasteiger charge is -2.38. The van der Waals surface area contributed by atoms with Crippen molar-refractivity contribution in [1.29, 1.82) is 0 Å². The molecule has 5 rings (SSSR count). The first-order valence-electron chi connectivity index (χ1n) is 18.6. The standard InChI is InChI=1S/C40H48FN7O8/c1-3-31(44-37(53)54)33(49)47-21-5-19-39(47,35(42)51)27-11-7-25(8-12-27)23-46(30-17-15-29(41)16-18-30)24-26-9-13-28(14-10-26)40(36(43)52)20-6-22-48(40)34(50)32(4-2)45-38(55)56/h7-18,31-32,44-45H,3-6,19-24H2,1-2H3,(H2,42,51)(H2,43,52)(H,53,54)(H,55,56)/t31-,32-,39-,40-/m0/s1. The van der Waals surface area contributed by atoms with Crippen LogP contribution in [0.1, 0.15) is 74.6 Å². The van der Waals surface area contributed by atoms with E-state index in [2.05, 4.69) is 10.6 Å². The van der Waals surface area contributed by atoms with Crippen molar-refractivity contribution in [2.75, 3.05) is 18.0 Å². The topological polar surface area (TPSA) is 229 Å². The summed E-state index contributed by atoms with van der Waals surface area (Å²) in [7, 11) is 0. The molecule has 2 saturated heterocycles. The van der Waals surface area contributed by atoms with Crippen LogP contribution in [0.2, 0.25) is 0 Å². The number of nitrogens with one attached hydrogen (secondary N) is 2. The molecule has 0 bridgehead atoms. The quantitative estimate of drug-likeness (QED) is 0.132. The minimum Gasteiger partial charge on any atom is -0.465 e. The van der Waals surface area contributed by atoms with Gasteiger partial charge in [-0.15, -0.1) is 0 Å². The Bertz CT molecular complexity index is 1830. The number of halogens is 1. The number of carboxylic acid groups (broad SMARTS) is 2. The van der Waals surface area contributed by atoms with E-state index in [1.54, 1.807) is 50.2 Å². The normalized spacial score (nSPS) is 20.2. The highest BCUT2D eigenvalue weighted by Crippen LogP contribution is 2.41. The Labute approximate surface area is 323 Å². The fourth-order valence-corrected chi connectivity index (χ4v) is 8.09. The number of amides is 6. The molecule has 3 aromatic rings. The minimum absolute atomic E-state index is 0.188. The van der Waals surface area contributed by atoms with E-state index in [4.69, 9.17) is 11.5 Å². The van der Waals surface area contributed by atoms with Gasteiger partial charge >= 0.3 is 12.2 Å². The molecule has 2 aliphatic rings. The number of hydrogen-bond acceptors (Lipinski definition) is 7. The monoisotopic (exact) mass is 773 g/mol. The third kappa shape index (κ3) is 8.09. The fourth-order valence-electron chi connectivity index (χ4n) is 8.09. The van der Waals surface area contributed by atoms with Gasteiger partial charge in [0.2, 0.25) is 23.6 Å². The molecule has 0 radical (unpaired) electrons. The average molecular weight is 774 g/mol. The number of rotatable bonds is 15. The Hall–Kier alpha value is -6.19. The third-order valence-electron chi connectivity index (χ3n) is 10.9. The average Bonchev–Trinajstić information content (AvgIpc) is 3.83. The van der Waals surface area contributed by atoms with Crippen molar-refractivity contribution in [3.63, 3.8) is 0 Å². The summed E-state index contributed by atoms with van der Waals surface area (Å²) in [5.41, 5.74) is 12.4. The minimum atomic E-state index is -1.46. The maximum atomic E-state index is 14.0. The van der Waals surface area contributed by atoms with Crippen molar-refractivity contribution in [3.05, 3.63) is 101 Å². The summed E-state index contributed by atoms with van der Waals surface area (Å²) >= 11 is 0. The van der Waals surface area contributed by atoms with E-state index in [9.17, 15) is 43.4 Å². The van der Waals surface area contributed by atoms with Gasteiger partial charge in [0.05, 0.1) is 0 Å². The lowest BCUT2D eigenvalue weighted by atomic mass is 9.85. The van der Waals surface area contributed by atoms with Gasteiger partial charge in [0.1, 0.15) is 29.0 Å². The zero-order valence-corrected chi connectivity index (χ0v) is 31.4. The number of benzene rings is 3. The third-order valence-corrected chi connectivity index (χ3v) is 10.9. The molecule has 56 heavy (non-hydrogen) atoms. The summed E-state index contributed by atoms with van der Waals surface area (Å²) in [5.74, 6) is -2.91. The number of carbonyl (C=O) groups is 6. The van der Waals surface area contributed by atoms with Gasteiger partial charge in [-0.2, -0.15) is 0 Å². The Balaban J connectivity index is 1.41. The van der Waals surface area contributed by atoms with Gasteiger partial charge in [-0.25, -0.2) is 14.0 Å². The van der Waals surface area contributed by atoms with Crippen LogP contribution in [0.25, 0.3) is 0 Å². The predicted octanol–water partition coefficient (Wildman–Crippen LogP) is 3.73. The van der Waals surface area contributed by atoms with E-state index in [1.807, 2.05) is 29.2 Å². The van der Waals surface area contributed by atoms with Crippen molar-refractivity contribution in [3.8, 4) is 0 Å². The lowest BCUT2D eigenvalue weighted by Crippen LogP contribution is -2.58. The van der Waals surface area contributed by atoms with Crippen molar-refractivity contribution < 1.29 is 43.4 Å². The molecule has 298 valence electrons. The summed E-state index contributed by atoms with van der Waals surface area (Å²) < 4.78 is 14.0. The molecule has 2 aliphatic heterocycles. The number of likely N-dealkylation sites (tertiary alicyclic amines) is 2. The van der Waals surface area contributed by atoms with Gasteiger partial charge in [0, 0.05) is 31.9 Å². The Morgan fingerprint density at radius 2 is 1.05 bits per heavy atom. The summed E-state index contributed by atoms with van der Waals surface area (Å²) in [4.78, 5) is 80.8. The number of primary amides is 2. The van der Waals surface area contributed by atoms with Crippen molar-refractivity contribution in [1.82, 2.24) is 20.4 Å². The zero-order chi connectivity index (χ0) is 40.8. The van der Waals surface area contributed by atoms with E-state index < -0.39 is 64.8 Å². The molecule has 16 heteroatoms. The largest absolute Gasteiger partial charge is 0.465 e. The number of carbonyl (C=O) groups excluding carboxylic acids is 4. The number of anilines is 1. The van der Waals surface area contributed by atoms with Crippen LogP contribution in [0.15, 0.2) is 72.8 Å². The fraction of sp³-hybridized carbons (Fsp3) is 0.400. The van der Waals surface area contributed by atoms with Crippen LogP contribution in [0, 0.1) is 5.82 Å². The molecule has 0 spiro atoms. The van der Waals surface area contributed by atoms with E-state index in [-0.39, 0.29) is 38.8 Å². The van der Waals surface area contributed by atoms with Crippen LogP contribution in [-0.2, 0) is 43.3 Å². The summed E-state index contributed by atoms with van der Waals surface area (Å²) in [6, 6.07) is 18.1. The molecule has 15 nitrogen and oxygen atoms in total. The molecule has 6 amide bonds. The molecular weight excluding hydrogens is 725 g/mol. The maximum Gasteiger partial charge on any atom is 0.405 e. The van der Waals surface area contributed by atoms with E-state index in [1.165, 1.54) is 21.9 Å². The van der Waals surface area contributed by atoms with Crippen LogP contribution in [0.5, 0.6) is 0 Å². The summed E-state index contributed by atoms with van der Waals surface area (Å²) in [6.45, 7) is 4.48. The Kier molecular flexibility index (Phi) is 12.5. The SMILES string of the molecule is CC[C@H](NC(=O)O)C(=O)N1CCC[C@@]1(C(N)=O)c1ccc(CN(Cc2ccc([C@]3(C(N)=O)CCCN3C(=O)[C@H](CC)NC(=O)O)cc2)c2ccc(F)cc2)cc1. The van der Waals surface area contributed by atoms with Crippen LogP contribution in [-0.4, -0.2) is 81.0 Å². The predicted molar refractivity (Wildman–Crippen MR) is 203 cm³/mol. The molecule has 0 aliphatic carbocycles. The van der Waals surface area contributed by atoms with Gasteiger partial charge < -0.3 is 47.0 Å². The lowest BCUT2D eigenvalue weighted by molar-refractivity contribution is -0.145. The van der Waals surface area contributed by atoms with Gasteiger partial charge in [0.15, 0.2) is 0 Å². The summed E-state index contributed by atoms with van der Waals surface area (Å²) in [5, 5.41) is 23.0. The van der Waals surface area contributed by atoms with Crippen LogP contribution in [0.4, 0.5) is 19.7 Å². The van der Waals surface area contributed by atoms with Crippen LogP contribution in [0.3, 0.4) is 0 Å². The second kappa shape index (κ2) is 17.1. The molecule has 2 heterocycles. The Morgan fingerprint density at radius 1 is 0.679 bits per heavy atom. The smallest absolute Gasteiger partial charge is 0.405 e. The number of nitrogens with zero attached hydrogens (tertiary/aromatic N) is 3. The maximum absolute atomic E-state index is 14.0. The molecule has 3 aromatic carbocycles. The highest BCUT2D eigenvalue weighted by Gasteiger charge is 2.52. The molecule has 2 fully saturated rings. The highest BCUT2D eigenvalue weighted by atomic mass is 19.1. The molecule has 4 atom stereocenters. The van der Waals surface area contributed by atoms with Gasteiger partial charge in [-0.1, -0.05) is 62.4 Å². The first-order valence-corrected chi connectivity index (χ1v) is 18.6. The highest BCUT2D eigenvalue weighted by molar-refractivity contribution is 5.95. The van der Waals surface area contributed by atoms with Crippen LogP contribution >= 0.6 is 0 Å². The number of nitrogens with two attached hydrogens (primary N) is 2. The van der Waals surface area contributed by atoms with E-state index in [0.29, 0.717) is 42.7 Å². The van der Waals surface area contributed by atoms with E-state index >= 15 is 0 Å². The molecule has 8 N–H and O–H groups in total. The zero-order valence-electron chi connectivity index (χ0n) is 31.4. The summed E-state index contributed by atoms with van der Waals surface area (Å²) in [6.07, 6.45) is -0.786. The van der Waals surface area contributed by atoms with Crippen molar-refractivity contribution >= 4 is 41.5 Å². The first kappa shape index (κ1) is 41.0. The molecular formula is C40H48FN7O8. The van der Waals surface area contributed by atoms with E-state index in [0.717, 1.165) is 11.1 Å². The molecule has 0 aromatic heterocycles. The van der Waals surface area contributed by atoms with Crippen LogP contribution < -0.4 is 27.0 Å². The van der Waals surface area contributed by atoms with Crippen molar-refractivity contribution in [2.45, 2.75) is 88.6 Å².